The average molecular weight is 327 g/mol. The van der Waals surface area contributed by atoms with Gasteiger partial charge in [0.2, 0.25) is 0 Å². The van der Waals surface area contributed by atoms with Gasteiger partial charge in [0.15, 0.2) is 7.28 Å². The number of rotatable bonds is 0. The summed E-state index contributed by atoms with van der Waals surface area (Å²) in [5, 5.41) is 0. The van der Waals surface area contributed by atoms with Crippen LogP contribution in [0.25, 0.3) is 16.7 Å². The van der Waals surface area contributed by atoms with Gasteiger partial charge in [-0.15, -0.1) is 12.0 Å². The van der Waals surface area contributed by atoms with Crippen LogP contribution in [0.1, 0.15) is 22.3 Å². The van der Waals surface area contributed by atoms with E-state index < -0.39 is 0 Å². The van der Waals surface area contributed by atoms with Crippen molar-refractivity contribution in [2.45, 2.75) is 5.41 Å². The summed E-state index contributed by atoms with van der Waals surface area (Å²) in [5.41, 5.74) is 10.8. The molecule has 0 saturated heterocycles. The van der Waals surface area contributed by atoms with Crippen LogP contribution in [0.5, 0.6) is 0 Å². The molecule has 3 aromatic rings. The van der Waals surface area contributed by atoms with Crippen molar-refractivity contribution in [1.82, 2.24) is 0 Å². The molecule has 26 heavy (non-hydrogen) atoms. The summed E-state index contributed by atoms with van der Waals surface area (Å²) >= 11 is 0. The molecule has 0 saturated carbocycles. The van der Waals surface area contributed by atoms with Gasteiger partial charge in [0.1, 0.15) is 0 Å². The van der Waals surface area contributed by atoms with Gasteiger partial charge in [-0.2, -0.15) is 0 Å². The zero-order valence-corrected chi connectivity index (χ0v) is 14.3. The maximum Gasteiger partial charge on any atom is 0.171 e. The largest absolute Gasteiger partial charge is 0.171 e. The van der Waals surface area contributed by atoms with Gasteiger partial charge in [0.05, 0.1) is 5.41 Å². The zero-order valence-electron chi connectivity index (χ0n) is 14.3. The van der Waals surface area contributed by atoms with Crippen molar-refractivity contribution in [2.75, 3.05) is 0 Å². The summed E-state index contributed by atoms with van der Waals surface area (Å²) in [5.74, 6) is 4.33. The van der Waals surface area contributed by atoms with Crippen molar-refractivity contribution in [2.24, 2.45) is 0 Å². The van der Waals surface area contributed by atoms with Crippen molar-refractivity contribution >= 4 is 12.9 Å². The fraction of sp³-hybridized carbons (Fsp3) is 0.0400. The molecule has 1 spiro atoms. The number of allylic oxidation sites excluding steroid dienone is 4. The molecule has 0 nitrogen and oxygen atoms in total. The smallest absolute Gasteiger partial charge is 0.117 e. The second kappa shape index (κ2) is 4.99. The van der Waals surface area contributed by atoms with Crippen LogP contribution in [-0.2, 0) is 5.41 Å². The van der Waals surface area contributed by atoms with E-state index >= 15 is 0 Å². The van der Waals surface area contributed by atoms with E-state index in [0.717, 1.165) is 0 Å². The number of fused-ring (bicyclic) bond motifs is 9. The lowest BCUT2D eigenvalue weighted by Gasteiger charge is -2.31. The molecule has 0 bridgehead atoms. The lowest BCUT2D eigenvalue weighted by atomic mass is 9.68. The highest BCUT2D eigenvalue weighted by Crippen LogP contribution is 2.62. The second-order valence-corrected chi connectivity index (χ2v) is 7.12. The molecule has 1 aliphatic heterocycles. The molecule has 6 rings (SSSR count). The van der Waals surface area contributed by atoms with E-state index in [-0.39, 0.29) is 5.41 Å². The standard InChI is InChI=1S/C25H16B/c1-4-10-21-17(7-1)18-8-2-5-11-22(18)25(21)23-12-6-3-9-19(23)20-13-15-26-16-14-24(20)25/h1-16H. The highest BCUT2D eigenvalue weighted by Gasteiger charge is 2.51. The molecule has 0 atom stereocenters. The molecular formula is C25H16B. The number of hydrogen-bond donors (Lipinski definition) is 0. The minimum Gasteiger partial charge on any atom is -0.117 e. The molecule has 1 heteroatoms. The van der Waals surface area contributed by atoms with Crippen LogP contribution in [0.2, 0.25) is 0 Å². The third-order valence-corrected chi connectivity index (χ3v) is 6.02. The summed E-state index contributed by atoms with van der Waals surface area (Å²) in [6.07, 6.45) is 4.58. The monoisotopic (exact) mass is 327 g/mol. The summed E-state index contributed by atoms with van der Waals surface area (Å²) < 4.78 is 0. The highest BCUT2D eigenvalue weighted by atomic mass is 14.5. The van der Waals surface area contributed by atoms with E-state index in [1.807, 2.05) is 0 Å². The van der Waals surface area contributed by atoms with Gasteiger partial charge in [0, 0.05) is 0 Å². The normalized spacial score (nSPS) is 17.4. The van der Waals surface area contributed by atoms with Crippen LogP contribution in [0.3, 0.4) is 0 Å². The molecule has 2 aliphatic carbocycles. The van der Waals surface area contributed by atoms with E-state index in [0.29, 0.717) is 0 Å². The number of benzene rings is 3. The van der Waals surface area contributed by atoms with Crippen LogP contribution in [0, 0.1) is 0 Å². The van der Waals surface area contributed by atoms with Gasteiger partial charge in [-0.05, 0) is 44.5 Å². The van der Waals surface area contributed by atoms with Gasteiger partial charge in [-0.25, -0.2) is 0 Å². The summed E-state index contributed by atoms with van der Waals surface area (Å²) in [4.78, 5) is 0. The Labute approximate surface area is 154 Å². The van der Waals surface area contributed by atoms with Gasteiger partial charge < -0.3 is 0 Å². The van der Waals surface area contributed by atoms with Gasteiger partial charge in [0.25, 0.3) is 0 Å². The minimum absolute atomic E-state index is 0.210. The Morgan fingerprint density at radius 3 is 1.69 bits per heavy atom. The number of hydrogen-bond acceptors (Lipinski definition) is 0. The summed E-state index contributed by atoms with van der Waals surface area (Å²) in [7, 11) is 2.13. The van der Waals surface area contributed by atoms with Crippen LogP contribution in [0.15, 0.2) is 102 Å². The van der Waals surface area contributed by atoms with Gasteiger partial charge in [-0.1, -0.05) is 84.9 Å². The first-order valence-electron chi connectivity index (χ1n) is 9.14. The Kier molecular flexibility index (Phi) is 2.71. The maximum absolute atomic E-state index is 2.31. The van der Waals surface area contributed by atoms with Crippen molar-refractivity contribution in [3.8, 4) is 11.1 Å². The minimum atomic E-state index is -0.210. The predicted octanol–water partition coefficient (Wildman–Crippen LogP) is 5.51. The predicted molar refractivity (Wildman–Crippen MR) is 109 cm³/mol. The lowest BCUT2D eigenvalue weighted by molar-refractivity contribution is 0.786. The molecule has 0 fully saturated rings. The first-order valence-corrected chi connectivity index (χ1v) is 9.14. The molecule has 1 heterocycles. The van der Waals surface area contributed by atoms with Gasteiger partial charge >= 0.3 is 0 Å². The first kappa shape index (κ1) is 14.1. The Hall–Kier alpha value is -3.06. The van der Waals surface area contributed by atoms with Crippen LogP contribution < -0.4 is 0 Å². The Bertz CT molecular complexity index is 1110. The molecule has 3 aliphatic rings. The van der Waals surface area contributed by atoms with Crippen LogP contribution >= 0.6 is 0 Å². The molecule has 119 valence electrons. The van der Waals surface area contributed by atoms with E-state index in [2.05, 4.69) is 104 Å². The SMILES string of the molecule is [B]1C=CC2=C(C=C1)C1(c3ccccc32)c2ccccc2-c2ccccc21. The lowest BCUT2D eigenvalue weighted by Crippen LogP contribution is -2.26. The summed E-state index contributed by atoms with van der Waals surface area (Å²) in [6, 6.07) is 26.7. The highest BCUT2D eigenvalue weighted by molar-refractivity contribution is 6.48. The first-order chi connectivity index (χ1) is 12.9. The quantitative estimate of drug-likeness (QED) is 0.477. The summed E-state index contributed by atoms with van der Waals surface area (Å²) in [6.45, 7) is 0. The fourth-order valence-electron chi connectivity index (χ4n) is 5.11. The van der Waals surface area contributed by atoms with E-state index in [1.165, 1.54) is 44.5 Å². The zero-order chi connectivity index (χ0) is 17.1. The molecule has 1 radical (unpaired) electrons. The molecule has 0 amide bonds. The second-order valence-electron chi connectivity index (χ2n) is 7.12. The Morgan fingerprint density at radius 1 is 0.538 bits per heavy atom. The maximum atomic E-state index is 2.31. The van der Waals surface area contributed by atoms with E-state index in [4.69, 9.17) is 0 Å². The molecule has 3 aromatic carbocycles. The third kappa shape index (κ3) is 1.52. The van der Waals surface area contributed by atoms with Crippen LogP contribution in [0.4, 0.5) is 0 Å². The van der Waals surface area contributed by atoms with Crippen molar-refractivity contribution in [3.05, 3.63) is 125 Å². The van der Waals surface area contributed by atoms with Crippen molar-refractivity contribution in [3.63, 3.8) is 0 Å². The van der Waals surface area contributed by atoms with Crippen molar-refractivity contribution in [1.29, 1.82) is 0 Å². The Balaban J connectivity index is 1.85. The topological polar surface area (TPSA) is 0 Å². The van der Waals surface area contributed by atoms with Crippen LogP contribution in [-0.4, -0.2) is 7.28 Å². The fourth-order valence-corrected chi connectivity index (χ4v) is 5.11. The van der Waals surface area contributed by atoms with Crippen molar-refractivity contribution < 1.29 is 0 Å². The third-order valence-electron chi connectivity index (χ3n) is 6.02. The molecule has 0 N–H and O–H groups in total. The average Bonchev–Trinajstić information content (AvgIpc) is 3.00. The van der Waals surface area contributed by atoms with Gasteiger partial charge in [-0.3, -0.25) is 0 Å². The van der Waals surface area contributed by atoms with E-state index in [1.54, 1.807) is 0 Å². The molecule has 0 unspecified atom stereocenters. The molecule has 0 aromatic heterocycles. The Morgan fingerprint density at radius 2 is 1.04 bits per heavy atom. The molecular weight excluding hydrogens is 311 g/mol. The van der Waals surface area contributed by atoms with E-state index in [9.17, 15) is 0 Å².